The third kappa shape index (κ3) is 3.23. The van der Waals surface area contributed by atoms with E-state index in [-0.39, 0.29) is 11.6 Å². The molecule has 0 aromatic heterocycles. The SMILES string of the molecule is C#Cc1ccc(OC(F)(F)F)c(C(=O)N(C)C2CC2)c1. The molecule has 1 aromatic carbocycles. The summed E-state index contributed by atoms with van der Waals surface area (Å²) in [4.78, 5) is 13.6. The van der Waals surface area contributed by atoms with Crippen molar-refractivity contribution in [2.45, 2.75) is 25.2 Å². The highest BCUT2D eigenvalue weighted by atomic mass is 19.4. The minimum absolute atomic E-state index is 0.0794. The van der Waals surface area contributed by atoms with Gasteiger partial charge in [0, 0.05) is 18.7 Å². The third-order valence-electron chi connectivity index (χ3n) is 3.02. The second-order valence-electron chi connectivity index (χ2n) is 4.55. The van der Waals surface area contributed by atoms with Crippen LogP contribution in [0.3, 0.4) is 0 Å². The molecule has 3 nitrogen and oxygen atoms in total. The standard InChI is InChI=1S/C14H12F3NO2/c1-3-9-4-7-12(20-14(15,16)17)11(8-9)13(19)18(2)10-5-6-10/h1,4,7-8,10H,5-6H2,2H3. The maximum Gasteiger partial charge on any atom is 0.573 e. The molecule has 1 saturated carbocycles. The first-order valence-corrected chi connectivity index (χ1v) is 5.95. The molecule has 1 aliphatic carbocycles. The lowest BCUT2D eigenvalue weighted by atomic mass is 10.1. The van der Waals surface area contributed by atoms with Crippen LogP contribution in [0.25, 0.3) is 0 Å². The quantitative estimate of drug-likeness (QED) is 0.798. The Balaban J connectivity index is 2.36. The minimum atomic E-state index is -4.86. The molecule has 2 rings (SSSR count). The van der Waals surface area contributed by atoms with Crippen LogP contribution < -0.4 is 4.74 Å². The molecule has 0 unspecified atom stereocenters. The molecule has 0 aliphatic heterocycles. The summed E-state index contributed by atoms with van der Waals surface area (Å²) in [6, 6.07) is 3.68. The Morgan fingerprint density at radius 1 is 1.45 bits per heavy atom. The summed E-state index contributed by atoms with van der Waals surface area (Å²) in [5.74, 6) is 1.23. The van der Waals surface area contributed by atoms with Crippen molar-refractivity contribution in [1.82, 2.24) is 4.90 Å². The summed E-state index contributed by atoms with van der Waals surface area (Å²) in [7, 11) is 1.56. The van der Waals surface area contributed by atoms with Crippen molar-refractivity contribution in [2.24, 2.45) is 0 Å². The Kier molecular flexibility index (Phi) is 3.62. The Hall–Kier alpha value is -2.16. The van der Waals surface area contributed by atoms with Crippen molar-refractivity contribution in [1.29, 1.82) is 0 Å². The largest absolute Gasteiger partial charge is 0.573 e. The number of nitrogens with zero attached hydrogens (tertiary/aromatic N) is 1. The van der Waals surface area contributed by atoms with Gasteiger partial charge in [0.05, 0.1) is 5.56 Å². The molecule has 106 valence electrons. The van der Waals surface area contributed by atoms with Crippen LogP contribution >= 0.6 is 0 Å². The first-order chi connectivity index (χ1) is 9.31. The zero-order valence-electron chi connectivity index (χ0n) is 10.7. The van der Waals surface area contributed by atoms with E-state index < -0.39 is 18.0 Å². The van der Waals surface area contributed by atoms with Crippen molar-refractivity contribution < 1.29 is 22.7 Å². The maximum atomic E-state index is 12.4. The van der Waals surface area contributed by atoms with E-state index in [4.69, 9.17) is 6.42 Å². The van der Waals surface area contributed by atoms with Gasteiger partial charge in [-0.05, 0) is 31.0 Å². The van der Waals surface area contributed by atoms with Crippen LogP contribution in [-0.2, 0) is 0 Å². The van der Waals surface area contributed by atoms with E-state index in [1.807, 2.05) is 0 Å². The first kappa shape index (κ1) is 14.3. The van der Waals surface area contributed by atoms with Crippen LogP contribution in [0.2, 0.25) is 0 Å². The molecule has 0 saturated heterocycles. The molecule has 1 fully saturated rings. The summed E-state index contributed by atoms with van der Waals surface area (Å²) < 4.78 is 40.9. The molecule has 1 aliphatic rings. The van der Waals surface area contributed by atoms with Crippen molar-refractivity contribution in [3.8, 4) is 18.1 Å². The Bertz CT molecular complexity index is 571. The monoisotopic (exact) mass is 283 g/mol. The number of carbonyl (C=O) groups is 1. The van der Waals surface area contributed by atoms with Crippen molar-refractivity contribution in [3.63, 3.8) is 0 Å². The predicted octanol–water partition coefficient (Wildman–Crippen LogP) is 2.80. The summed E-state index contributed by atoms with van der Waals surface area (Å²) in [6.07, 6.45) is 2.06. The van der Waals surface area contributed by atoms with Gasteiger partial charge in [0.2, 0.25) is 0 Å². The Morgan fingerprint density at radius 3 is 2.60 bits per heavy atom. The predicted molar refractivity (Wildman–Crippen MR) is 66.2 cm³/mol. The second-order valence-corrected chi connectivity index (χ2v) is 4.55. The molecular weight excluding hydrogens is 271 g/mol. The first-order valence-electron chi connectivity index (χ1n) is 5.95. The number of hydrogen-bond acceptors (Lipinski definition) is 2. The number of terminal acetylenes is 1. The lowest BCUT2D eigenvalue weighted by Gasteiger charge is -2.19. The van der Waals surface area contributed by atoms with Gasteiger partial charge >= 0.3 is 6.36 Å². The van der Waals surface area contributed by atoms with Crippen LogP contribution in [0.4, 0.5) is 13.2 Å². The molecule has 0 radical (unpaired) electrons. The maximum absolute atomic E-state index is 12.4. The number of benzene rings is 1. The molecule has 0 bridgehead atoms. The fourth-order valence-electron chi connectivity index (χ4n) is 1.82. The molecule has 6 heteroatoms. The van der Waals surface area contributed by atoms with Crippen LogP contribution in [0, 0.1) is 12.3 Å². The highest BCUT2D eigenvalue weighted by molar-refractivity contribution is 5.97. The number of ether oxygens (including phenoxy) is 1. The number of halogens is 3. The van der Waals surface area contributed by atoms with E-state index in [1.54, 1.807) is 7.05 Å². The van der Waals surface area contributed by atoms with Crippen LogP contribution in [0.15, 0.2) is 18.2 Å². The average molecular weight is 283 g/mol. The molecule has 0 heterocycles. The lowest BCUT2D eigenvalue weighted by molar-refractivity contribution is -0.274. The summed E-state index contributed by atoms with van der Waals surface area (Å²) in [5.41, 5.74) is 0.152. The van der Waals surface area contributed by atoms with Gasteiger partial charge in [-0.3, -0.25) is 4.79 Å². The van der Waals surface area contributed by atoms with Crippen molar-refractivity contribution >= 4 is 5.91 Å². The van der Waals surface area contributed by atoms with E-state index >= 15 is 0 Å². The van der Waals surface area contributed by atoms with Crippen LogP contribution in [-0.4, -0.2) is 30.3 Å². The highest BCUT2D eigenvalue weighted by Crippen LogP contribution is 2.31. The van der Waals surface area contributed by atoms with E-state index in [0.29, 0.717) is 5.56 Å². The summed E-state index contributed by atoms with van der Waals surface area (Å²) in [5, 5.41) is 0. The van der Waals surface area contributed by atoms with Gasteiger partial charge in [-0.2, -0.15) is 0 Å². The van der Waals surface area contributed by atoms with Gasteiger partial charge in [0.15, 0.2) is 0 Å². The topological polar surface area (TPSA) is 29.5 Å². The molecule has 20 heavy (non-hydrogen) atoms. The molecule has 1 amide bonds. The molecular formula is C14H12F3NO2. The third-order valence-corrected chi connectivity index (χ3v) is 3.02. The van der Waals surface area contributed by atoms with Gasteiger partial charge in [-0.1, -0.05) is 5.92 Å². The lowest BCUT2D eigenvalue weighted by Crippen LogP contribution is -2.30. The summed E-state index contributed by atoms with van der Waals surface area (Å²) in [6.45, 7) is 0. The summed E-state index contributed by atoms with van der Waals surface area (Å²) >= 11 is 0. The van der Waals surface area contributed by atoms with Crippen molar-refractivity contribution in [3.05, 3.63) is 29.3 Å². The zero-order valence-corrected chi connectivity index (χ0v) is 10.7. The van der Waals surface area contributed by atoms with E-state index in [9.17, 15) is 18.0 Å². The Morgan fingerprint density at radius 2 is 2.10 bits per heavy atom. The van der Waals surface area contributed by atoms with E-state index in [2.05, 4.69) is 10.7 Å². The van der Waals surface area contributed by atoms with Crippen LogP contribution in [0.5, 0.6) is 5.75 Å². The fourth-order valence-corrected chi connectivity index (χ4v) is 1.82. The normalized spacial score (nSPS) is 14.6. The number of amides is 1. The average Bonchev–Trinajstić information content (AvgIpc) is 3.20. The molecule has 0 N–H and O–H groups in total. The van der Waals surface area contributed by atoms with Gasteiger partial charge < -0.3 is 9.64 Å². The van der Waals surface area contributed by atoms with E-state index in [1.165, 1.54) is 17.0 Å². The number of rotatable bonds is 3. The molecule has 0 atom stereocenters. The minimum Gasteiger partial charge on any atom is -0.405 e. The number of carbonyl (C=O) groups excluding carboxylic acids is 1. The zero-order chi connectivity index (χ0) is 14.9. The molecule has 1 aromatic rings. The number of hydrogen-bond donors (Lipinski definition) is 0. The van der Waals surface area contributed by atoms with Gasteiger partial charge in [-0.15, -0.1) is 19.6 Å². The van der Waals surface area contributed by atoms with Crippen LogP contribution in [0.1, 0.15) is 28.8 Å². The number of alkyl halides is 3. The van der Waals surface area contributed by atoms with Crippen molar-refractivity contribution in [2.75, 3.05) is 7.05 Å². The smallest absolute Gasteiger partial charge is 0.405 e. The van der Waals surface area contributed by atoms with Gasteiger partial charge in [-0.25, -0.2) is 0 Å². The molecule has 0 spiro atoms. The highest BCUT2D eigenvalue weighted by Gasteiger charge is 2.35. The second kappa shape index (κ2) is 5.08. The van der Waals surface area contributed by atoms with Gasteiger partial charge in [0.25, 0.3) is 5.91 Å². The van der Waals surface area contributed by atoms with Gasteiger partial charge in [0.1, 0.15) is 5.75 Å². The fraction of sp³-hybridized carbons (Fsp3) is 0.357. The van der Waals surface area contributed by atoms with E-state index in [0.717, 1.165) is 18.9 Å². The Labute approximate surface area is 114 Å².